The molecule has 8 nitrogen and oxygen atoms in total. The molecule has 0 fully saturated rings. The summed E-state index contributed by atoms with van der Waals surface area (Å²) < 4.78 is 10.3. The summed E-state index contributed by atoms with van der Waals surface area (Å²) in [5.41, 5.74) is 21.0. The van der Waals surface area contributed by atoms with Crippen molar-refractivity contribution in [2.75, 3.05) is 65.8 Å². The maximum absolute atomic E-state index is 7.62. The molecule has 138 valence electrons. The van der Waals surface area contributed by atoms with Gasteiger partial charge in [-0.3, -0.25) is 0 Å². The zero-order chi connectivity index (χ0) is 17.3. The van der Waals surface area contributed by atoms with E-state index in [2.05, 4.69) is 0 Å². The van der Waals surface area contributed by atoms with Gasteiger partial charge in [-0.2, -0.15) is 0 Å². The topological polar surface area (TPSA) is 163 Å². The van der Waals surface area contributed by atoms with Gasteiger partial charge in [-0.25, -0.2) is 0 Å². The minimum Gasteiger partial charge on any atom is -0.394 e. The molecular weight excluding hydrogens is 288 g/mol. The van der Waals surface area contributed by atoms with Crippen molar-refractivity contribution < 1.29 is 19.7 Å². The van der Waals surface area contributed by atoms with E-state index in [9.17, 15) is 0 Å². The Balaban J connectivity index is -0.000000266. The molecule has 0 aromatic rings. The van der Waals surface area contributed by atoms with E-state index in [1.165, 1.54) is 0 Å². The minimum atomic E-state index is -0.125. The van der Waals surface area contributed by atoms with Crippen molar-refractivity contribution in [2.24, 2.45) is 22.9 Å². The van der Waals surface area contributed by atoms with Crippen molar-refractivity contribution in [1.29, 1.82) is 0 Å². The highest BCUT2D eigenvalue weighted by molar-refractivity contribution is 4.38. The normalized spacial score (nSPS) is 9.55. The third-order valence-corrected chi connectivity index (χ3v) is 2.07. The average Bonchev–Trinajstić information content (AvgIpc) is 2.55. The highest BCUT2D eigenvalue weighted by Gasteiger charge is 1.85. The number of aliphatic hydroxyl groups excluding tert-OH is 2. The average molecular weight is 326 g/mol. The second kappa shape index (κ2) is 32.6. The molecule has 0 rings (SSSR count). The van der Waals surface area contributed by atoms with Gasteiger partial charge in [0, 0.05) is 26.4 Å². The van der Waals surface area contributed by atoms with Gasteiger partial charge in [-0.15, -0.1) is 0 Å². The lowest BCUT2D eigenvalue weighted by Gasteiger charge is -1.99. The van der Waals surface area contributed by atoms with E-state index in [0.29, 0.717) is 26.2 Å². The number of hydrogen-bond acceptors (Lipinski definition) is 8. The first kappa shape index (κ1) is 26.6. The van der Waals surface area contributed by atoms with Gasteiger partial charge in [0.05, 0.1) is 13.2 Å². The molecule has 0 aliphatic rings. The molecule has 0 aromatic carbocycles. The Morgan fingerprint density at radius 1 is 0.500 bits per heavy atom. The standard InChI is InChI=1S/2C6H16N2O.C2H6O2/c2*7-3-1-5-9-6-2-4-8;3-1-2-4/h2*1-8H2;3-4H,1-2H2. The van der Waals surface area contributed by atoms with Crippen LogP contribution in [0.1, 0.15) is 25.7 Å². The van der Waals surface area contributed by atoms with Crippen LogP contribution in [0.25, 0.3) is 0 Å². The fourth-order valence-electron chi connectivity index (χ4n) is 0.946. The van der Waals surface area contributed by atoms with Gasteiger partial charge in [0.15, 0.2) is 0 Å². The Labute approximate surface area is 135 Å². The summed E-state index contributed by atoms with van der Waals surface area (Å²) in [6, 6.07) is 0. The van der Waals surface area contributed by atoms with Crippen LogP contribution in [0.5, 0.6) is 0 Å². The smallest absolute Gasteiger partial charge is 0.0662 e. The van der Waals surface area contributed by atoms with Crippen LogP contribution in [-0.4, -0.2) is 76.0 Å². The van der Waals surface area contributed by atoms with E-state index in [4.69, 9.17) is 42.6 Å². The van der Waals surface area contributed by atoms with Crippen molar-refractivity contribution >= 4 is 0 Å². The molecule has 0 bridgehead atoms. The molecule has 0 unspecified atom stereocenters. The Hall–Kier alpha value is -0.320. The molecule has 0 atom stereocenters. The summed E-state index contributed by atoms with van der Waals surface area (Å²) in [5.74, 6) is 0. The van der Waals surface area contributed by atoms with Gasteiger partial charge >= 0.3 is 0 Å². The first-order valence-electron chi connectivity index (χ1n) is 7.92. The summed E-state index contributed by atoms with van der Waals surface area (Å²) in [7, 11) is 0. The predicted molar refractivity (Wildman–Crippen MR) is 90.5 cm³/mol. The molecule has 0 aromatic heterocycles. The fourth-order valence-corrected chi connectivity index (χ4v) is 0.946. The second-order valence-electron chi connectivity index (χ2n) is 4.24. The lowest BCUT2D eigenvalue weighted by Crippen LogP contribution is -2.08. The summed E-state index contributed by atoms with van der Waals surface area (Å²) in [6.07, 6.45) is 3.80. The molecular formula is C14H38N4O4. The Kier molecular flexibility index (Phi) is 39.3. The van der Waals surface area contributed by atoms with Gasteiger partial charge in [-0.05, 0) is 51.9 Å². The highest BCUT2D eigenvalue weighted by atomic mass is 16.5. The number of hydrogen-bond donors (Lipinski definition) is 6. The van der Waals surface area contributed by atoms with Crippen molar-refractivity contribution in [2.45, 2.75) is 25.7 Å². The lowest BCUT2D eigenvalue weighted by molar-refractivity contribution is 0.132. The van der Waals surface area contributed by atoms with E-state index in [1.807, 2.05) is 0 Å². The maximum atomic E-state index is 7.62. The summed E-state index contributed by atoms with van der Waals surface area (Å²) in [4.78, 5) is 0. The van der Waals surface area contributed by atoms with Crippen LogP contribution >= 0.6 is 0 Å². The van der Waals surface area contributed by atoms with E-state index >= 15 is 0 Å². The van der Waals surface area contributed by atoms with Gasteiger partial charge in [0.1, 0.15) is 0 Å². The third-order valence-electron chi connectivity index (χ3n) is 2.07. The molecule has 0 radical (unpaired) electrons. The van der Waals surface area contributed by atoms with Crippen molar-refractivity contribution in [1.82, 2.24) is 0 Å². The Bertz CT molecular complexity index is 129. The molecule has 22 heavy (non-hydrogen) atoms. The predicted octanol–water partition coefficient (Wildman–Crippen LogP) is -1.63. The molecule has 0 saturated carbocycles. The number of nitrogens with two attached hydrogens (primary N) is 4. The lowest BCUT2D eigenvalue weighted by atomic mass is 10.4. The largest absolute Gasteiger partial charge is 0.394 e. The Morgan fingerprint density at radius 3 is 0.864 bits per heavy atom. The van der Waals surface area contributed by atoms with Crippen LogP contribution in [0.2, 0.25) is 0 Å². The van der Waals surface area contributed by atoms with Crippen LogP contribution in [0.3, 0.4) is 0 Å². The quantitative estimate of drug-likeness (QED) is 0.220. The molecule has 0 amide bonds. The molecule has 0 heterocycles. The van der Waals surface area contributed by atoms with Crippen LogP contribution in [0, 0.1) is 0 Å². The van der Waals surface area contributed by atoms with Crippen LogP contribution in [-0.2, 0) is 9.47 Å². The van der Waals surface area contributed by atoms with E-state index in [1.54, 1.807) is 0 Å². The number of aliphatic hydroxyl groups is 2. The summed E-state index contributed by atoms with van der Waals surface area (Å²) in [5, 5.41) is 15.2. The van der Waals surface area contributed by atoms with Gasteiger partial charge in [0.2, 0.25) is 0 Å². The SMILES string of the molecule is NCCCOCCCN.NCCCOCCCN.OCCO. The molecule has 8 heteroatoms. The molecule has 0 aliphatic heterocycles. The van der Waals surface area contributed by atoms with E-state index in [-0.39, 0.29) is 13.2 Å². The fraction of sp³-hybridized carbons (Fsp3) is 1.00. The first-order valence-corrected chi connectivity index (χ1v) is 7.92. The molecule has 0 spiro atoms. The van der Waals surface area contributed by atoms with Crippen LogP contribution in [0.15, 0.2) is 0 Å². The molecule has 10 N–H and O–H groups in total. The zero-order valence-corrected chi connectivity index (χ0v) is 13.9. The van der Waals surface area contributed by atoms with Gasteiger partial charge < -0.3 is 42.6 Å². The van der Waals surface area contributed by atoms with Crippen LogP contribution in [0.4, 0.5) is 0 Å². The van der Waals surface area contributed by atoms with Crippen molar-refractivity contribution in [3.8, 4) is 0 Å². The molecule has 0 saturated heterocycles. The van der Waals surface area contributed by atoms with E-state index in [0.717, 1.165) is 52.1 Å². The Morgan fingerprint density at radius 2 is 0.727 bits per heavy atom. The molecule has 0 aliphatic carbocycles. The van der Waals surface area contributed by atoms with Crippen molar-refractivity contribution in [3.05, 3.63) is 0 Å². The van der Waals surface area contributed by atoms with Crippen molar-refractivity contribution in [3.63, 3.8) is 0 Å². The number of rotatable bonds is 13. The minimum absolute atomic E-state index is 0.125. The second-order valence-corrected chi connectivity index (χ2v) is 4.24. The van der Waals surface area contributed by atoms with Crippen LogP contribution < -0.4 is 22.9 Å². The highest BCUT2D eigenvalue weighted by Crippen LogP contribution is 1.82. The number of ether oxygens (including phenoxy) is 2. The van der Waals surface area contributed by atoms with Gasteiger partial charge in [-0.1, -0.05) is 0 Å². The van der Waals surface area contributed by atoms with E-state index < -0.39 is 0 Å². The first-order chi connectivity index (χ1) is 10.7. The third kappa shape index (κ3) is 42.7. The summed E-state index contributed by atoms with van der Waals surface area (Å²) in [6.45, 7) is 5.69. The summed E-state index contributed by atoms with van der Waals surface area (Å²) >= 11 is 0. The van der Waals surface area contributed by atoms with Gasteiger partial charge in [0.25, 0.3) is 0 Å². The zero-order valence-electron chi connectivity index (χ0n) is 13.9. The monoisotopic (exact) mass is 326 g/mol. The maximum Gasteiger partial charge on any atom is 0.0662 e.